The summed E-state index contributed by atoms with van der Waals surface area (Å²) in [6.45, 7) is 5.47. The summed E-state index contributed by atoms with van der Waals surface area (Å²) in [7, 11) is 0. The van der Waals surface area contributed by atoms with E-state index in [1.54, 1.807) is 29.2 Å². The summed E-state index contributed by atoms with van der Waals surface area (Å²) < 4.78 is 11.9. The van der Waals surface area contributed by atoms with Gasteiger partial charge >= 0.3 is 0 Å². The predicted molar refractivity (Wildman–Crippen MR) is 112 cm³/mol. The topological polar surface area (TPSA) is 40.0 Å². The monoisotopic (exact) mass is 435 g/mol. The summed E-state index contributed by atoms with van der Waals surface area (Å²) in [6.07, 6.45) is 5.64. The van der Waals surface area contributed by atoms with Crippen molar-refractivity contribution in [1.82, 2.24) is 0 Å². The van der Waals surface area contributed by atoms with Crippen LogP contribution in [0.2, 0.25) is 5.02 Å². The number of quaternary nitrogens is 1. The third-order valence-electron chi connectivity index (χ3n) is 4.84. The number of nitrogens with one attached hydrogen (secondary N) is 1. The molecular weight excluding hydrogens is 409 g/mol. The van der Waals surface area contributed by atoms with Gasteiger partial charge in [-0.2, -0.15) is 0 Å². The fourth-order valence-corrected chi connectivity index (χ4v) is 3.47. The van der Waals surface area contributed by atoms with Gasteiger partial charge in [-0.3, -0.25) is 4.79 Å². The Morgan fingerprint density at radius 1 is 1.07 bits per heavy atom. The molecule has 0 amide bonds. The van der Waals surface area contributed by atoms with Crippen molar-refractivity contribution in [1.29, 1.82) is 0 Å². The molecule has 1 aliphatic heterocycles. The molecule has 0 radical (unpaired) electrons. The lowest BCUT2D eigenvalue weighted by Crippen LogP contribution is -3.13. The Hall–Kier alpha value is -2.01. The van der Waals surface area contributed by atoms with Crippen molar-refractivity contribution in [3.63, 3.8) is 0 Å². The highest BCUT2D eigenvalue weighted by atomic mass is 35.5. The molecule has 0 saturated carbocycles. The van der Waals surface area contributed by atoms with Crippen LogP contribution in [0.25, 0.3) is 6.08 Å². The number of hydrogen-bond donors (Lipinski definition) is 1. The van der Waals surface area contributed by atoms with Crippen LogP contribution in [0.3, 0.4) is 0 Å². The number of carbonyl (C=O) groups is 1. The summed E-state index contributed by atoms with van der Waals surface area (Å²) >= 11 is 6.15. The van der Waals surface area contributed by atoms with Gasteiger partial charge in [0.2, 0.25) is 0 Å². The summed E-state index contributed by atoms with van der Waals surface area (Å²) in [5.41, 5.74) is 0.894. The molecular formula is C23H27Cl2NO3. The normalized spacial score (nSPS) is 14.8. The van der Waals surface area contributed by atoms with Crippen molar-refractivity contribution in [3.05, 3.63) is 64.9 Å². The molecule has 29 heavy (non-hydrogen) atoms. The highest BCUT2D eigenvalue weighted by molar-refractivity contribution is 6.30. The Balaban J connectivity index is 0.00000300. The van der Waals surface area contributed by atoms with Crippen LogP contribution in [0, 0.1) is 0 Å². The highest BCUT2D eigenvalue weighted by Gasteiger charge is 2.15. The Morgan fingerprint density at radius 3 is 2.48 bits per heavy atom. The van der Waals surface area contributed by atoms with Crippen LogP contribution in [0.5, 0.6) is 11.5 Å². The van der Waals surface area contributed by atoms with E-state index in [-0.39, 0.29) is 23.9 Å². The van der Waals surface area contributed by atoms with Gasteiger partial charge < -0.3 is 26.8 Å². The molecule has 1 fully saturated rings. The zero-order valence-electron chi connectivity index (χ0n) is 16.6. The van der Waals surface area contributed by atoms with Crippen molar-refractivity contribution in [3.8, 4) is 11.5 Å². The summed E-state index contributed by atoms with van der Waals surface area (Å²) in [5.74, 6) is 1.15. The van der Waals surface area contributed by atoms with Crippen LogP contribution in [-0.2, 0) is 4.79 Å². The minimum Gasteiger partial charge on any atom is -1.00 e. The van der Waals surface area contributed by atoms with Crippen LogP contribution < -0.4 is 26.8 Å². The molecule has 0 atom stereocenters. The van der Waals surface area contributed by atoms with E-state index in [0.29, 0.717) is 23.1 Å². The van der Waals surface area contributed by atoms with E-state index in [1.807, 2.05) is 30.3 Å². The van der Waals surface area contributed by atoms with E-state index in [4.69, 9.17) is 21.1 Å². The second kappa shape index (κ2) is 11.9. The summed E-state index contributed by atoms with van der Waals surface area (Å²) in [6, 6.07) is 14.9. The first-order valence-corrected chi connectivity index (χ1v) is 10.2. The van der Waals surface area contributed by atoms with Crippen LogP contribution in [0.15, 0.2) is 54.3 Å². The molecule has 0 bridgehead atoms. The largest absolute Gasteiger partial charge is 1.00 e. The average Bonchev–Trinajstić information content (AvgIpc) is 2.70. The second-order valence-corrected chi connectivity index (χ2v) is 7.51. The Labute approximate surface area is 183 Å². The third kappa shape index (κ3) is 7.39. The number of Topliss-reactive ketones (excluding diaryl/α,β-unsaturated/α-hetero) is 1. The molecule has 6 heteroatoms. The summed E-state index contributed by atoms with van der Waals surface area (Å²) in [5, 5.41) is 0.534. The minimum atomic E-state index is -0.160. The van der Waals surface area contributed by atoms with Crippen molar-refractivity contribution in [2.75, 3.05) is 26.2 Å². The number of benzene rings is 2. The highest BCUT2D eigenvalue weighted by Crippen LogP contribution is 2.32. The summed E-state index contributed by atoms with van der Waals surface area (Å²) in [4.78, 5) is 13.7. The lowest BCUT2D eigenvalue weighted by molar-refractivity contribution is -0.904. The Kier molecular flexibility index (Phi) is 9.52. The first-order chi connectivity index (χ1) is 13.6. The van der Waals surface area contributed by atoms with Crippen molar-refractivity contribution < 1.29 is 31.6 Å². The van der Waals surface area contributed by atoms with Gasteiger partial charge in [-0.25, -0.2) is 0 Å². The fraction of sp³-hybridized carbons (Fsp3) is 0.348. The van der Waals surface area contributed by atoms with Crippen molar-refractivity contribution in [2.45, 2.75) is 26.2 Å². The number of allylic oxidation sites excluding steroid dienone is 1. The number of halogens is 2. The van der Waals surface area contributed by atoms with Gasteiger partial charge in [-0.1, -0.05) is 41.9 Å². The zero-order chi connectivity index (χ0) is 19.8. The molecule has 3 rings (SSSR count). The zero-order valence-corrected chi connectivity index (χ0v) is 18.1. The van der Waals surface area contributed by atoms with Gasteiger partial charge in [0, 0.05) is 18.0 Å². The number of piperidine rings is 1. The van der Waals surface area contributed by atoms with Gasteiger partial charge in [-0.05, 0) is 43.0 Å². The molecule has 2 aromatic rings. The molecule has 1 heterocycles. The van der Waals surface area contributed by atoms with E-state index >= 15 is 0 Å². The van der Waals surface area contributed by atoms with Gasteiger partial charge in [0.1, 0.15) is 13.2 Å². The first kappa shape index (κ1) is 23.3. The second-order valence-electron chi connectivity index (χ2n) is 7.08. The molecule has 1 saturated heterocycles. The molecule has 4 nitrogen and oxygen atoms in total. The van der Waals surface area contributed by atoms with Gasteiger partial charge in [0.25, 0.3) is 0 Å². The molecule has 0 aromatic heterocycles. The van der Waals surface area contributed by atoms with Crippen LogP contribution in [0.1, 0.15) is 31.7 Å². The van der Waals surface area contributed by atoms with Crippen LogP contribution in [0.4, 0.5) is 0 Å². The Morgan fingerprint density at radius 2 is 1.79 bits per heavy atom. The maximum Gasteiger partial charge on any atom is 0.194 e. The molecule has 1 N–H and O–H groups in total. The maximum atomic E-state index is 12.1. The lowest BCUT2D eigenvalue weighted by Gasteiger charge is -2.23. The van der Waals surface area contributed by atoms with Crippen molar-refractivity contribution >= 4 is 23.5 Å². The first-order valence-electron chi connectivity index (χ1n) is 9.83. The van der Waals surface area contributed by atoms with Crippen molar-refractivity contribution in [2.24, 2.45) is 0 Å². The molecule has 1 aliphatic rings. The van der Waals surface area contributed by atoms with Crippen LogP contribution >= 0.6 is 11.6 Å². The molecule has 0 aliphatic carbocycles. The molecule has 156 valence electrons. The number of ketones is 1. The van der Waals surface area contributed by atoms with E-state index in [9.17, 15) is 4.79 Å². The van der Waals surface area contributed by atoms with E-state index in [2.05, 4.69) is 0 Å². The minimum absolute atomic E-state index is 0. The van der Waals surface area contributed by atoms with E-state index in [0.717, 1.165) is 12.1 Å². The van der Waals surface area contributed by atoms with Gasteiger partial charge in [0.15, 0.2) is 23.0 Å². The standard InChI is InChI=1S/C23H26ClNO3.ClH/c1-18(26)22(16-19-8-4-2-5-9-19)28-23-17-20(24)10-11-21(23)27-15-14-25-12-6-3-7-13-25;/h2,4-5,8-11,16-17H,3,6-7,12-15H2,1H3;1H/b22-16-;. The Bertz CT molecular complexity index is 818. The number of likely N-dealkylation sites (tertiary alicyclic amines) is 1. The van der Waals surface area contributed by atoms with Crippen LogP contribution in [-0.4, -0.2) is 32.0 Å². The lowest BCUT2D eigenvalue weighted by atomic mass is 10.1. The predicted octanol–water partition coefficient (Wildman–Crippen LogP) is 0.801. The van der Waals surface area contributed by atoms with Gasteiger partial charge in [-0.15, -0.1) is 0 Å². The molecule has 0 spiro atoms. The number of hydrogen-bond acceptors (Lipinski definition) is 3. The number of rotatable bonds is 8. The molecule has 2 aromatic carbocycles. The van der Waals surface area contributed by atoms with E-state index < -0.39 is 0 Å². The fourth-order valence-electron chi connectivity index (χ4n) is 3.31. The number of carbonyl (C=O) groups excluding carboxylic acids is 1. The smallest absolute Gasteiger partial charge is 0.194 e. The number of ether oxygens (including phenoxy) is 2. The maximum absolute atomic E-state index is 12.1. The SMILES string of the molecule is CC(=O)/C(=C/c1ccccc1)Oc1cc(Cl)ccc1OCC[NH+]1CCCCC1.[Cl-]. The third-order valence-corrected chi connectivity index (χ3v) is 5.08. The molecule has 0 unspecified atom stereocenters. The van der Waals surface area contributed by atoms with E-state index in [1.165, 1.54) is 39.3 Å². The van der Waals surface area contributed by atoms with Gasteiger partial charge in [0.05, 0.1) is 13.1 Å². The average molecular weight is 436 g/mol. The quantitative estimate of drug-likeness (QED) is 0.492.